The van der Waals surface area contributed by atoms with Crippen molar-refractivity contribution in [3.8, 4) is 0 Å². The van der Waals surface area contributed by atoms with Crippen LogP contribution in [0.15, 0.2) is 35.6 Å². The number of carbonyl (C=O) groups is 2. The Kier molecular flexibility index (Phi) is 4.94. The van der Waals surface area contributed by atoms with E-state index in [2.05, 4.69) is 6.92 Å². The highest BCUT2D eigenvalue weighted by Crippen LogP contribution is 2.37. The molecule has 2 aliphatic rings. The lowest BCUT2D eigenvalue weighted by Crippen LogP contribution is -2.28. The monoisotopic (exact) mass is 312 g/mol. The van der Waals surface area contributed by atoms with E-state index in [9.17, 15) is 9.59 Å². The largest absolute Gasteiger partial charge is 0.489 e. The number of allylic oxidation sites excluding steroid dienone is 2. The van der Waals surface area contributed by atoms with Crippen molar-refractivity contribution in [1.82, 2.24) is 0 Å². The van der Waals surface area contributed by atoms with E-state index in [0.29, 0.717) is 29.1 Å². The molecule has 1 fully saturated rings. The van der Waals surface area contributed by atoms with Crippen molar-refractivity contribution in [3.05, 3.63) is 46.7 Å². The van der Waals surface area contributed by atoms with Crippen LogP contribution in [0.25, 0.3) is 0 Å². The topological polar surface area (TPSA) is 43.4 Å². The van der Waals surface area contributed by atoms with Gasteiger partial charge in [0.15, 0.2) is 11.5 Å². The van der Waals surface area contributed by atoms with Gasteiger partial charge in [0.2, 0.25) is 5.78 Å². The normalized spacial score (nSPS) is 19.0. The van der Waals surface area contributed by atoms with Crippen LogP contribution in [-0.4, -0.2) is 18.2 Å². The predicted molar refractivity (Wildman–Crippen MR) is 89.6 cm³/mol. The number of hydrogen-bond donors (Lipinski definition) is 0. The summed E-state index contributed by atoms with van der Waals surface area (Å²) in [5.41, 5.74) is 1.67. The van der Waals surface area contributed by atoms with Crippen LogP contribution in [0.5, 0.6) is 0 Å². The van der Waals surface area contributed by atoms with Gasteiger partial charge in [-0.15, -0.1) is 0 Å². The molecule has 3 rings (SSSR count). The Balaban J connectivity index is 2.01. The van der Waals surface area contributed by atoms with Gasteiger partial charge in [0.1, 0.15) is 0 Å². The minimum Gasteiger partial charge on any atom is -0.489 e. The molecule has 0 spiro atoms. The van der Waals surface area contributed by atoms with Gasteiger partial charge in [-0.1, -0.05) is 56.9 Å². The first-order valence-electron chi connectivity index (χ1n) is 8.79. The van der Waals surface area contributed by atoms with Crippen LogP contribution in [0.1, 0.15) is 72.6 Å². The molecule has 0 radical (unpaired) electrons. The van der Waals surface area contributed by atoms with Crippen LogP contribution < -0.4 is 0 Å². The zero-order valence-corrected chi connectivity index (χ0v) is 13.8. The van der Waals surface area contributed by atoms with Crippen LogP contribution >= 0.6 is 0 Å². The predicted octanol–water partition coefficient (Wildman–Crippen LogP) is 4.72. The second kappa shape index (κ2) is 7.12. The van der Waals surface area contributed by atoms with Crippen LogP contribution in [0.4, 0.5) is 0 Å². The minimum atomic E-state index is -0.114. The minimum absolute atomic E-state index is 0.00130. The lowest BCUT2D eigenvalue weighted by molar-refractivity contribution is 0.0853. The molecule has 1 saturated carbocycles. The average Bonchev–Trinajstić information content (AvgIpc) is 2.60. The fourth-order valence-electron chi connectivity index (χ4n) is 3.60. The molecule has 0 unspecified atom stereocenters. The Morgan fingerprint density at radius 2 is 1.65 bits per heavy atom. The highest BCUT2D eigenvalue weighted by molar-refractivity contribution is 6.26. The van der Waals surface area contributed by atoms with Crippen molar-refractivity contribution >= 4 is 11.6 Å². The Bertz CT molecular complexity index is 636. The second-order valence-electron chi connectivity index (χ2n) is 6.48. The lowest BCUT2D eigenvalue weighted by atomic mass is 9.76. The number of hydrogen-bond acceptors (Lipinski definition) is 3. The summed E-state index contributed by atoms with van der Waals surface area (Å²) in [7, 11) is 0. The van der Waals surface area contributed by atoms with Crippen molar-refractivity contribution in [2.75, 3.05) is 6.61 Å². The first-order chi connectivity index (χ1) is 11.2. The molecule has 0 bridgehead atoms. The van der Waals surface area contributed by atoms with Crippen molar-refractivity contribution < 1.29 is 14.3 Å². The third-order valence-electron chi connectivity index (χ3n) is 4.87. The summed E-state index contributed by atoms with van der Waals surface area (Å²) in [6, 6.07) is 7.13. The Morgan fingerprint density at radius 1 is 1.00 bits per heavy atom. The maximum Gasteiger partial charge on any atom is 0.228 e. The smallest absolute Gasteiger partial charge is 0.228 e. The number of carbonyl (C=O) groups excluding carboxylic acids is 2. The zero-order chi connectivity index (χ0) is 16.2. The van der Waals surface area contributed by atoms with E-state index in [1.165, 1.54) is 6.42 Å². The fourth-order valence-corrected chi connectivity index (χ4v) is 3.60. The maximum absolute atomic E-state index is 13.0. The van der Waals surface area contributed by atoms with Crippen LogP contribution in [0.2, 0.25) is 0 Å². The van der Waals surface area contributed by atoms with Gasteiger partial charge in [0.05, 0.1) is 6.61 Å². The van der Waals surface area contributed by atoms with E-state index in [1.54, 1.807) is 18.2 Å². The molecular formula is C20H24O3. The van der Waals surface area contributed by atoms with Gasteiger partial charge < -0.3 is 4.74 Å². The standard InChI is InChI=1S/C20H24O3/c1-2-3-13-23-20-17(14-9-5-4-6-10-14)18(21)15-11-7-8-12-16(15)19(20)22/h7-8,11-12,14H,2-6,9-10,13H2,1H3. The highest BCUT2D eigenvalue weighted by Gasteiger charge is 2.37. The van der Waals surface area contributed by atoms with Gasteiger partial charge in [-0.2, -0.15) is 0 Å². The van der Waals surface area contributed by atoms with Gasteiger partial charge >= 0.3 is 0 Å². The molecular weight excluding hydrogens is 288 g/mol. The first kappa shape index (κ1) is 16.0. The van der Waals surface area contributed by atoms with Crippen LogP contribution in [0, 0.1) is 5.92 Å². The third kappa shape index (κ3) is 3.10. The maximum atomic E-state index is 13.0. The van der Waals surface area contributed by atoms with E-state index < -0.39 is 0 Å². The molecule has 122 valence electrons. The summed E-state index contributed by atoms with van der Waals surface area (Å²) in [5.74, 6) is 0.384. The number of unbranched alkanes of at least 4 members (excludes halogenated alkanes) is 1. The quantitative estimate of drug-likeness (QED) is 0.739. The molecule has 3 heteroatoms. The summed E-state index contributed by atoms with van der Waals surface area (Å²) < 4.78 is 5.84. The molecule has 1 aromatic rings. The average molecular weight is 312 g/mol. The van der Waals surface area contributed by atoms with Gasteiger partial charge in [0.25, 0.3) is 0 Å². The van der Waals surface area contributed by atoms with Gasteiger partial charge in [0, 0.05) is 16.7 Å². The summed E-state index contributed by atoms with van der Waals surface area (Å²) in [6.07, 6.45) is 7.33. The SMILES string of the molecule is CCCCOC1=C(C2CCCCC2)C(=O)c2ccccc2C1=O. The molecule has 0 aliphatic heterocycles. The first-order valence-corrected chi connectivity index (χ1v) is 8.79. The van der Waals surface area contributed by atoms with E-state index >= 15 is 0 Å². The molecule has 1 aromatic carbocycles. The molecule has 0 saturated heterocycles. The van der Waals surface area contributed by atoms with Crippen molar-refractivity contribution in [2.45, 2.75) is 51.9 Å². The molecule has 23 heavy (non-hydrogen) atoms. The number of benzene rings is 1. The van der Waals surface area contributed by atoms with Gasteiger partial charge in [-0.25, -0.2) is 0 Å². The molecule has 0 aromatic heterocycles. The van der Waals surface area contributed by atoms with E-state index in [0.717, 1.165) is 38.5 Å². The number of Topliss-reactive ketones (excluding diaryl/α,β-unsaturated/α-hetero) is 2. The molecule has 2 aliphatic carbocycles. The molecule has 0 N–H and O–H groups in total. The zero-order valence-electron chi connectivity index (χ0n) is 13.8. The molecule has 0 atom stereocenters. The molecule has 0 amide bonds. The summed E-state index contributed by atoms with van der Waals surface area (Å²) in [6.45, 7) is 2.59. The summed E-state index contributed by atoms with van der Waals surface area (Å²) in [5, 5.41) is 0. The van der Waals surface area contributed by atoms with E-state index in [1.807, 2.05) is 6.07 Å². The molecule has 0 heterocycles. The highest BCUT2D eigenvalue weighted by atomic mass is 16.5. The number of ketones is 2. The third-order valence-corrected chi connectivity index (χ3v) is 4.87. The van der Waals surface area contributed by atoms with Gasteiger partial charge in [-0.05, 0) is 25.2 Å². The lowest BCUT2D eigenvalue weighted by Gasteiger charge is -2.29. The number of fused-ring (bicyclic) bond motifs is 1. The number of rotatable bonds is 5. The van der Waals surface area contributed by atoms with E-state index in [-0.39, 0.29) is 17.5 Å². The van der Waals surface area contributed by atoms with Crippen molar-refractivity contribution in [1.29, 1.82) is 0 Å². The van der Waals surface area contributed by atoms with Crippen molar-refractivity contribution in [2.24, 2.45) is 5.92 Å². The van der Waals surface area contributed by atoms with Crippen LogP contribution in [-0.2, 0) is 4.74 Å². The fraction of sp³-hybridized carbons (Fsp3) is 0.500. The summed E-state index contributed by atoms with van der Waals surface area (Å²) >= 11 is 0. The van der Waals surface area contributed by atoms with Crippen molar-refractivity contribution in [3.63, 3.8) is 0 Å². The van der Waals surface area contributed by atoms with E-state index in [4.69, 9.17) is 4.74 Å². The Hall–Kier alpha value is -1.90. The summed E-state index contributed by atoms with van der Waals surface area (Å²) in [4.78, 5) is 25.9. The molecule has 3 nitrogen and oxygen atoms in total. The second-order valence-corrected chi connectivity index (χ2v) is 6.48. The Morgan fingerprint density at radius 3 is 2.30 bits per heavy atom. The Labute approximate surface area is 137 Å². The number of ether oxygens (including phenoxy) is 1. The van der Waals surface area contributed by atoms with Gasteiger partial charge in [-0.3, -0.25) is 9.59 Å². The van der Waals surface area contributed by atoms with Crippen LogP contribution in [0.3, 0.4) is 0 Å².